The molecule has 1 amide bonds. The van der Waals surface area contributed by atoms with Gasteiger partial charge < -0.3 is 5.32 Å². The van der Waals surface area contributed by atoms with Crippen LogP contribution in [0.15, 0.2) is 18.2 Å². The maximum absolute atomic E-state index is 11.7. The summed E-state index contributed by atoms with van der Waals surface area (Å²) in [6.07, 6.45) is 0. The summed E-state index contributed by atoms with van der Waals surface area (Å²) in [5.74, 6) is -0.0397. The van der Waals surface area contributed by atoms with Crippen LogP contribution in [0.3, 0.4) is 0 Å². The quantitative estimate of drug-likeness (QED) is 0.614. The molecule has 0 fully saturated rings. The number of anilines is 1. The highest BCUT2D eigenvalue weighted by Gasteiger charge is 2.23. The lowest BCUT2D eigenvalue weighted by Crippen LogP contribution is -2.30. The van der Waals surface area contributed by atoms with Gasteiger partial charge in [-0.25, -0.2) is 0 Å². The van der Waals surface area contributed by atoms with Gasteiger partial charge in [-0.2, -0.15) is 0 Å². The first-order valence-electron chi connectivity index (χ1n) is 4.57. The summed E-state index contributed by atoms with van der Waals surface area (Å²) in [6.45, 7) is 5.69. The molecular formula is C11H13BrINO. The topological polar surface area (TPSA) is 29.1 Å². The minimum atomic E-state index is -0.538. The van der Waals surface area contributed by atoms with Gasteiger partial charge in [0.2, 0.25) is 5.91 Å². The van der Waals surface area contributed by atoms with E-state index >= 15 is 0 Å². The van der Waals surface area contributed by atoms with E-state index in [1.54, 1.807) is 0 Å². The van der Waals surface area contributed by atoms with E-state index in [2.05, 4.69) is 43.8 Å². The van der Waals surface area contributed by atoms with Crippen molar-refractivity contribution in [1.82, 2.24) is 0 Å². The van der Waals surface area contributed by atoms with E-state index < -0.39 is 4.32 Å². The van der Waals surface area contributed by atoms with E-state index in [-0.39, 0.29) is 5.91 Å². The summed E-state index contributed by atoms with van der Waals surface area (Å²) in [7, 11) is 0. The third-order valence-electron chi connectivity index (χ3n) is 1.97. The molecule has 0 heterocycles. The third kappa shape index (κ3) is 3.75. The first kappa shape index (κ1) is 13.0. The molecule has 1 aromatic carbocycles. The van der Waals surface area contributed by atoms with E-state index in [1.165, 1.54) is 5.56 Å². The first-order valence-corrected chi connectivity index (χ1v) is 6.44. The van der Waals surface area contributed by atoms with Crippen LogP contribution < -0.4 is 5.32 Å². The maximum atomic E-state index is 11.7. The predicted octanol–water partition coefficient (Wildman–Crippen LogP) is 3.71. The smallest absolute Gasteiger partial charge is 0.240 e. The van der Waals surface area contributed by atoms with Crippen LogP contribution in [-0.4, -0.2) is 10.2 Å². The van der Waals surface area contributed by atoms with E-state index in [1.807, 2.05) is 39.0 Å². The minimum Gasteiger partial charge on any atom is -0.325 e. The van der Waals surface area contributed by atoms with Crippen LogP contribution in [0, 0.1) is 10.5 Å². The van der Waals surface area contributed by atoms with Gasteiger partial charge in [0.25, 0.3) is 0 Å². The second-order valence-electron chi connectivity index (χ2n) is 3.89. The van der Waals surface area contributed by atoms with Crippen LogP contribution in [0.4, 0.5) is 5.69 Å². The molecule has 2 nitrogen and oxygen atoms in total. The summed E-state index contributed by atoms with van der Waals surface area (Å²) in [5.41, 5.74) is 2.05. The molecule has 1 aromatic rings. The van der Waals surface area contributed by atoms with E-state index in [0.717, 1.165) is 9.26 Å². The summed E-state index contributed by atoms with van der Waals surface area (Å²) in [6, 6.07) is 5.87. The predicted molar refractivity (Wildman–Crippen MR) is 75.5 cm³/mol. The number of alkyl halides is 1. The first-order chi connectivity index (χ1) is 6.80. The van der Waals surface area contributed by atoms with Crippen molar-refractivity contribution in [3.05, 3.63) is 27.3 Å². The number of hydrogen-bond donors (Lipinski definition) is 1. The molecule has 0 unspecified atom stereocenters. The number of nitrogens with one attached hydrogen (secondary N) is 1. The molecule has 1 rings (SSSR count). The Hall–Kier alpha value is -0.100. The zero-order valence-electron chi connectivity index (χ0n) is 8.90. The molecule has 0 saturated carbocycles. The molecule has 0 atom stereocenters. The second kappa shape index (κ2) is 4.82. The molecule has 0 saturated heterocycles. The van der Waals surface area contributed by atoms with Crippen LogP contribution >= 0.6 is 38.5 Å². The maximum Gasteiger partial charge on any atom is 0.240 e. The van der Waals surface area contributed by atoms with E-state index in [9.17, 15) is 4.79 Å². The zero-order valence-corrected chi connectivity index (χ0v) is 12.6. The number of aryl methyl sites for hydroxylation is 1. The van der Waals surface area contributed by atoms with Gasteiger partial charge in [-0.1, -0.05) is 22.0 Å². The lowest BCUT2D eigenvalue weighted by atomic mass is 10.2. The second-order valence-corrected chi connectivity index (χ2v) is 7.04. The highest BCUT2D eigenvalue weighted by molar-refractivity contribution is 14.1. The summed E-state index contributed by atoms with van der Waals surface area (Å²) >= 11 is 5.58. The van der Waals surface area contributed by atoms with Crippen LogP contribution in [0.25, 0.3) is 0 Å². The van der Waals surface area contributed by atoms with Crippen LogP contribution in [0.5, 0.6) is 0 Å². The average Bonchev–Trinajstić information content (AvgIpc) is 2.10. The lowest BCUT2D eigenvalue weighted by Gasteiger charge is -2.16. The zero-order chi connectivity index (χ0) is 11.6. The standard InChI is InChI=1S/C11H13BrINO/c1-7-4-5-8(6-9(7)13)14-10(15)11(2,3)12/h4-6H,1-3H3,(H,14,15). The Bertz CT molecular complexity index is 385. The molecule has 0 bridgehead atoms. The number of carbonyl (C=O) groups excluding carboxylic acids is 1. The van der Waals surface area contributed by atoms with Crippen LogP contribution in [-0.2, 0) is 4.79 Å². The van der Waals surface area contributed by atoms with Crippen LogP contribution in [0.1, 0.15) is 19.4 Å². The van der Waals surface area contributed by atoms with Gasteiger partial charge in [0.05, 0.1) is 4.32 Å². The van der Waals surface area contributed by atoms with Crippen LogP contribution in [0.2, 0.25) is 0 Å². The summed E-state index contributed by atoms with van der Waals surface area (Å²) in [5, 5.41) is 2.86. The van der Waals surface area contributed by atoms with Gasteiger partial charge in [-0.3, -0.25) is 4.79 Å². The van der Waals surface area contributed by atoms with Gasteiger partial charge in [0.15, 0.2) is 0 Å². The van der Waals surface area contributed by atoms with Crippen molar-refractivity contribution in [2.75, 3.05) is 5.32 Å². The molecule has 0 radical (unpaired) electrons. The van der Waals surface area contributed by atoms with E-state index in [4.69, 9.17) is 0 Å². The van der Waals surface area contributed by atoms with Gasteiger partial charge in [-0.15, -0.1) is 0 Å². The lowest BCUT2D eigenvalue weighted by molar-refractivity contribution is -0.117. The molecular weight excluding hydrogens is 369 g/mol. The van der Waals surface area contributed by atoms with Crippen molar-refractivity contribution in [3.8, 4) is 0 Å². The fraction of sp³-hybridized carbons (Fsp3) is 0.364. The van der Waals surface area contributed by atoms with E-state index in [0.29, 0.717) is 0 Å². The number of rotatable bonds is 2. The van der Waals surface area contributed by atoms with Crippen molar-refractivity contribution in [2.45, 2.75) is 25.1 Å². The Morgan fingerprint density at radius 3 is 2.53 bits per heavy atom. The van der Waals surface area contributed by atoms with Gasteiger partial charge in [0.1, 0.15) is 0 Å². The SMILES string of the molecule is Cc1ccc(NC(=O)C(C)(C)Br)cc1I. The molecule has 82 valence electrons. The molecule has 0 spiro atoms. The number of amides is 1. The van der Waals surface area contributed by atoms with Gasteiger partial charge in [-0.05, 0) is 61.1 Å². The summed E-state index contributed by atoms with van der Waals surface area (Å²) < 4.78 is 0.612. The average molecular weight is 382 g/mol. The Morgan fingerprint density at radius 2 is 2.07 bits per heavy atom. The Kier molecular flexibility index (Phi) is 4.17. The fourth-order valence-corrected chi connectivity index (χ4v) is 1.56. The largest absolute Gasteiger partial charge is 0.325 e. The number of hydrogen-bond acceptors (Lipinski definition) is 1. The Balaban J connectivity index is 2.83. The van der Waals surface area contributed by atoms with Crippen molar-refractivity contribution in [1.29, 1.82) is 0 Å². The van der Waals surface area contributed by atoms with Crippen molar-refractivity contribution < 1.29 is 4.79 Å². The summed E-state index contributed by atoms with van der Waals surface area (Å²) in [4.78, 5) is 11.7. The Labute approximate surface area is 112 Å². The molecule has 1 N–H and O–H groups in total. The highest BCUT2D eigenvalue weighted by Crippen LogP contribution is 2.21. The molecule has 4 heteroatoms. The van der Waals surface area contributed by atoms with Gasteiger partial charge >= 0.3 is 0 Å². The molecule has 0 aliphatic rings. The minimum absolute atomic E-state index is 0.0397. The highest BCUT2D eigenvalue weighted by atomic mass is 127. The normalized spacial score (nSPS) is 11.3. The molecule has 15 heavy (non-hydrogen) atoms. The molecule has 0 aliphatic carbocycles. The number of carbonyl (C=O) groups is 1. The molecule has 0 aromatic heterocycles. The van der Waals surface area contributed by atoms with Crippen molar-refractivity contribution >= 4 is 50.1 Å². The van der Waals surface area contributed by atoms with Gasteiger partial charge in [0, 0.05) is 9.26 Å². The van der Waals surface area contributed by atoms with Crippen molar-refractivity contribution in [3.63, 3.8) is 0 Å². The third-order valence-corrected chi connectivity index (χ3v) is 3.49. The fourth-order valence-electron chi connectivity index (χ4n) is 0.950. The molecule has 0 aliphatic heterocycles. The number of benzene rings is 1. The number of halogens is 2. The Morgan fingerprint density at radius 1 is 1.47 bits per heavy atom. The van der Waals surface area contributed by atoms with Crippen molar-refractivity contribution in [2.24, 2.45) is 0 Å². The monoisotopic (exact) mass is 381 g/mol.